The molecule has 160 valence electrons. The minimum atomic E-state index is -1.56. The zero-order chi connectivity index (χ0) is 22.4. The molecule has 0 aliphatic heterocycles. The maximum absolute atomic E-state index is 13.5. The van der Waals surface area contributed by atoms with Crippen molar-refractivity contribution in [2.75, 3.05) is 5.75 Å². The van der Waals surface area contributed by atoms with Crippen molar-refractivity contribution in [3.8, 4) is 11.1 Å². The smallest absolute Gasteiger partial charge is 0.270 e. The van der Waals surface area contributed by atoms with Gasteiger partial charge in [0.05, 0.1) is 5.75 Å². The van der Waals surface area contributed by atoms with Crippen LogP contribution in [0, 0.1) is 17.5 Å². The molecular formula is C22H17F3N2O3S. The normalized spacial score (nSPS) is 11.6. The van der Waals surface area contributed by atoms with E-state index in [1.165, 1.54) is 41.5 Å². The van der Waals surface area contributed by atoms with E-state index in [0.29, 0.717) is 11.1 Å². The van der Waals surface area contributed by atoms with E-state index in [2.05, 4.69) is 5.32 Å². The Kier molecular flexibility index (Phi) is 7.32. The highest BCUT2D eigenvalue weighted by Crippen LogP contribution is 2.26. The van der Waals surface area contributed by atoms with E-state index >= 15 is 0 Å². The number of halogens is 3. The van der Waals surface area contributed by atoms with Gasteiger partial charge in [-0.2, -0.15) is 0 Å². The summed E-state index contributed by atoms with van der Waals surface area (Å²) in [5.74, 6) is -5.44. The number of hydrogen-bond donors (Lipinski definition) is 3. The van der Waals surface area contributed by atoms with E-state index in [0.717, 1.165) is 17.0 Å². The van der Waals surface area contributed by atoms with E-state index in [-0.39, 0.29) is 11.3 Å². The Labute approximate surface area is 180 Å². The lowest BCUT2D eigenvalue weighted by molar-refractivity contribution is -0.134. The Balaban J connectivity index is 1.75. The zero-order valence-corrected chi connectivity index (χ0v) is 16.8. The maximum Gasteiger partial charge on any atom is 0.270 e. The molecule has 0 heterocycles. The van der Waals surface area contributed by atoms with Crippen LogP contribution < -0.4 is 10.8 Å². The number of hydroxylamine groups is 1. The second-order valence-corrected chi connectivity index (χ2v) is 7.50. The van der Waals surface area contributed by atoms with E-state index < -0.39 is 35.3 Å². The second-order valence-electron chi connectivity index (χ2n) is 6.45. The van der Waals surface area contributed by atoms with Gasteiger partial charge in [-0.25, -0.2) is 18.7 Å². The molecule has 1 atom stereocenters. The van der Waals surface area contributed by atoms with Gasteiger partial charge in [0.2, 0.25) is 5.91 Å². The molecule has 0 aromatic heterocycles. The summed E-state index contributed by atoms with van der Waals surface area (Å²) in [5, 5.41) is 11.6. The average Bonchev–Trinajstić information content (AvgIpc) is 2.79. The number of carbonyl (C=O) groups excluding carboxylic acids is 2. The minimum Gasteiger partial charge on any atom is -0.340 e. The lowest BCUT2D eigenvalue weighted by atomic mass is 10.00. The van der Waals surface area contributed by atoms with Crippen molar-refractivity contribution < 1.29 is 28.0 Å². The van der Waals surface area contributed by atoms with Gasteiger partial charge in [0.25, 0.3) is 5.91 Å². The maximum atomic E-state index is 13.5. The third kappa shape index (κ3) is 5.65. The summed E-state index contributed by atoms with van der Waals surface area (Å²) < 4.78 is 40.1. The number of hydrogen-bond acceptors (Lipinski definition) is 4. The summed E-state index contributed by atoms with van der Waals surface area (Å²) in [5.41, 5.74) is 2.32. The van der Waals surface area contributed by atoms with Crippen LogP contribution in [-0.4, -0.2) is 22.8 Å². The molecule has 9 heteroatoms. The zero-order valence-electron chi connectivity index (χ0n) is 15.9. The van der Waals surface area contributed by atoms with Gasteiger partial charge in [-0.3, -0.25) is 14.8 Å². The fraction of sp³-hybridized carbons (Fsp3) is 0.0909. The van der Waals surface area contributed by atoms with Crippen LogP contribution in [0.15, 0.2) is 71.6 Å². The lowest BCUT2D eigenvalue weighted by Crippen LogP contribution is -2.40. The first-order chi connectivity index (χ1) is 14.9. The van der Waals surface area contributed by atoms with Gasteiger partial charge >= 0.3 is 0 Å². The van der Waals surface area contributed by atoms with E-state index in [1.807, 2.05) is 30.3 Å². The van der Waals surface area contributed by atoms with Crippen LogP contribution >= 0.6 is 11.8 Å². The van der Waals surface area contributed by atoms with Gasteiger partial charge < -0.3 is 5.32 Å². The topological polar surface area (TPSA) is 78.4 Å². The number of nitrogens with one attached hydrogen (secondary N) is 2. The minimum absolute atomic E-state index is 0.0471. The van der Waals surface area contributed by atoms with Crippen molar-refractivity contribution in [1.29, 1.82) is 0 Å². The van der Waals surface area contributed by atoms with E-state index in [4.69, 9.17) is 5.21 Å². The SMILES string of the molecule is O=C(CSc1ccccc1)NC(C(=O)NO)c1ccc(-c2cc(F)c(F)c(F)c2)cc1. The van der Waals surface area contributed by atoms with Crippen molar-refractivity contribution in [2.45, 2.75) is 10.9 Å². The molecular weight excluding hydrogens is 429 g/mol. The highest BCUT2D eigenvalue weighted by Gasteiger charge is 2.23. The van der Waals surface area contributed by atoms with Crippen LogP contribution in [0.3, 0.4) is 0 Å². The van der Waals surface area contributed by atoms with Crippen molar-refractivity contribution in [2.24, 2.45) is 0 Å². The molecule has 2 amide bonds. The molecule has 31 heavy (non-hydrogen) atoms. The van der Waals surface area contributed by atoms with Gasteiger partial charge in [0.15, 0.2) is 17.5 Å². The third-order valence-electron chi connectivity index (χ3n) is 4.35. The fourth-order valence-electron chi connectivity index (χ4n) is 2.82. The number of thioether (sulfide) groups is 1. The van der Waals surface area contributed by atoms with Gasteiger partial charge in [-0.15, -0.1) is 11.8 Å². The molecule has 0 radical (unpaired) electrons. The Hall–Kier alpha value is -3.30. The number of carbonyl (C=O) groups is 2. The van der Waals surface area contributed by atoms with Crippen LogP contribution in [-0.2, 0) is 9.59 Å². The first kappa shape index (κ1) is 22.4. The third-order valence-corrected chi connectivity index (χ3v) is 5.36. The van der Waals surface area contributed by atoms with Crippen molar-refractivity contribution in [1.82, 2.24) is 10.8 Å². The molecule has 0 saturated carbocycles. The summed E-state index contributed by atoms with van der Waals surface area (Å²) in [6.07, 6.45) is 0. The standard InChI is InChI=1S/C22H17F3N2O3S/c23-17-10-15(11-18(24)20(17)25)13-6-8-14(9-7-13)21(22(29)27-30)26-19(28)12-31-16-4-2-1-3-5-16/h1-11,21,30H,12H2,(H,26,28)(H,27,29). The summed E-state index contributed by atoms with van der Waals surface area (Å²) >= 11 is 1.28. The molecule has 5 nitrogen and oxygen atoms in total. The van der Waals surface area contributed by atoms with Crippen molar-refractivity contribution in [3.05, 3.63) is 89.7 Å². The molecule has 3 rings (SSSR count). The van der Waals surface area contributed by atoms with E-state index in [1.54, 1.807) is 0 Å². The first-order valence-electron chi connectivity index (χ1n) is 9.05. The van der Waals surface area contributed by atoms with E-state index in [9.17, 15) is 22.8 Å². The fourth-order valence-corrected chi connectivity index (χ4v) is 3.55. The van der Waals surface area contributed by atoms with Crippen molar-refractivity contribution in [3.63, 3.8) is 0 Å². The van der Waals surface area contributed by atoms with Crippen LogP contribution in [0.4, 0.5) is 13.2 Å². The molecule has 0 aliphatic carbocycles. The second kappa shape index (κ2) is 10.1. The quantitative estimate of drug-likeness (QED) is 0.220. The van der Waals surface area contributed by atoms with Gasteiger partial charge in [-0.05, 0) is 41.0 Å². The van der Waals surface area contributed by atoms with Crippen LogP contribution in [0.2, 0.25) is 0 Å². The molecule has 0 fully saturated rings. The van der Waals surface area contributed by atoms with Gasteiger partial charge in [-0.1, -0.05) is 42.5 Å². The Morgan fingerprint density at radius 2 is 1.52 bits per heavy atom. The number of benzene rings is 3. The molecule has 0 bridgehead atoms. The van der Waals surface area contributed by atoms with Crippen LogP contribution in [0.1, 0.15) is 11.6 Å². The van der Waals surface area contributed by atoms with Gasteiger partial charge in [0.1, 0.15) is 6.04 Å². The molecule has 0 spiro atoms. The first-order valence-corrected chi connectivity index (χ1v) is 10.0. The monoisotopic (exact) mass is 446 g/mol. The molecule has 0 saturated heterocycles. The Morgan fingerprint density at radius 3 is 2.10 bits per heavy atom. The summed E-state index contributed by atoms with van der Waals surface area (Å²) in [7, 11) is 0. The average molecular weight is 446 g/mol. The summed E-state index contributed by atoms with van der Waals surface area (Å²) in [6, 6.07) is 15.6. The molecule has 0 aliphatic rings. The predicted molar refractivity (Wildman–Crippen MR) is 110 cm³/mol. The predicted octanol–water partition coefficient (Wildman–Crippen LogP) is 4.23. The summed E-state index contributed by atoms with van der Waals surface area (Å²) in [6.45, 7) is 0. The number of rotatable bonds is 7. The molecule has 1 unspecified atom stereocenters. The largest absolute Gasteiger partial charge is 0.340 e. The summed E-state index contributed by atoms with van der Waals surface area (Å²) in [4.78, 5) is 25.3. The van der Waals surface area contributed by atoms with Gasteiger partial charge in [0, 0.05) is 4.90 Å². The highest BCUT2D eigenvalue weighted by atomic mass is 32.2. The Morgan fingerprint density at radius 1 is 0.903 bits per heavy atom. The van der Waals surface area contributed by atoms with Crippen LogP contribution in [0.25, 0.3) is 11.1 Å². The Bertz CT molecular complexity index is 1060. The molecule has 3 aromatic rings. The van der Waals surface area contributed by atoms with Crippen molar-refractivity contribution >= 4 is 23.6 Å². The lowest BCUT2D eigenvalue weighted by Gasteiger charge is -2.17. The molecule has 3 aromatic carbocycles. The van der Waals surface area contributed by atoms with Crippen LogP contribution in [0.5, 0.6) is 0 Å². The number of amides is 2. The highest BCUT2D eigenvalue weighted by molar-refractivity contribution is 8.00. The molecule has 3 N–H and O–H groups in total.